The third kappa shape index (κ3) is 5.28. The fourth-order valence-electron chi connectivity index (χ4n) is 3.72. The number of fused-ring (bicyclic) bond motifs is 1. The van der Waals surface area contributed by atoms with Crippen LogP contribution in [0.3, 0.4) is 0 Å². The Morgan fingerprint density at radius 3 is 2.38 bits per heavy atom. The van der Waals surface area contributed by atoms with Crippen molar-refractivity contribution < 1.29 is 4.79 Å². The molecular formula is C24H26N4O. The van der Waals surface area contributed by atoms with E-state index in [9.17, 15) is 4.79 Å². The van der Waals surface area contributed by atoms with Crippen molar-refractivity contribution in [1.82, 2.24) is 15.2 Å². The van der Waals surface area contributed by atoms with Gasteiger partial charge in [0.2, 0.25) is 0 Å². The van der Waals surface area contributed by atoms with Gasteiger partial charge in [-0.25, -0.2) is 5.43 Å². The Morgan fingerprint density at radius 2 is 1.55 bits per heavy atom. The molecular weight excluding hydrogens is 360 g/mol. The molecule has 1 amide bonds. The van der Waals surface area contributed by atoms with Gasteiger partial charge < -0.3 is 0 Å². The molecule has 1 aliphatic heterocycles. The summed E-state index contributed by atoms with van der Waals surface area (Å²) in [5.74, 6) is -0.0713. The number of piperazine rings is 1. The van der Waals surface area contributed by atoms with Gasteiger partial charge in [-0.15, -0.1) is 0 Å². The molecule has 0 saturated carbocycles. The second kappa shape index (κ2) is 9.45. The number of hydrogen-bond donors (Lipinski definition) is 1. The van der Waals surface area contributed by atoms with Gasteiger partial charge in [-0.3, -0.25) is 14.6 Å². The van der Waals surface area contributed by atoms with Gasteiger partial charge >= 0.3 is 0 Å². The molecule has 1 N–H and O–H groups in total. The van der Waals surface area contributed by atoms with Crippen molar-refractivity contribution >= 4 is 22.9 Å². The molecule has 1 aliphatic rings. The maximum absolute atomic E-state index is 12.3. The van der Waals surface area contributed by atoms with Crippen LogP contribution in [0.15, 0.2) is 77.9 Å². The standard InChI is InChI=1S/C24H26N4O/c29-24(26-25-17-22-11-6-10-21-9-4-5-12-23(21)22)19-28-15-13-27(14-16-28)18-20-7-2-1-3-8-20/h1-12,17H,13-16,18-19H2,(H,26,29). The minimum absolute atomic E-state index is 0.0713. The molecule has 5 nitrogen and oxygen atoms in total. The topological polar surface area (TPSA) is 47.9 Å². The second-order valence-electron chi connectivity index (χ2n) is 7.40. The second-order valence-corrected chi connectivity index (χ2v) is 7.40. The quantitative estimate of drug-likeness (QED) is 0.523. The van der Waals surface area contributed by atoms with Crippen LogP contribution >= 0.6 is 0 Å². The third-order valence-electron chi connectivity index (χ3n) is 5.30. The van der Waals surface area contributed by atoms with E-state index in [-0.39, 0.29) is 5.91 Å². The monoisotopic (exact) mass is 386 g/mol. The molecule has 0 spiro atoms. The van der Waals surface area contributed by atoms with Crippen LogP contribution in [0.2, 0.25) is 0 Å². The number of nitrogens with one attached hydrogen (secondary N) is 1. The maximum atomic E-state index is 12.3. The molecule has 29 heavy (non-hydrogen) atoms. The zero-order valence-electron chi connectivity index (χ0n) is 16.5. The smallest absolute Gasteiger partial charge is 0.254 e. The molecule has 148 valence electrons. The highest BCUT2D eigenvalue weighted by Gasteiger charge is 2.18. The van der Waals surface area contributed by atoms with E-state index in [1.54, 1.807) is 6.21 Å². The van der Waals surface area contributed by atoms with Gasteiger partial charge in [0.25, 0.3) is 5.91 Å². The Balaban J connectivity index is 1.24. The molecule has 1 heterocycles. The summed E-state index contributed by atoms with van der Waals surface area (Å²) in [5, 5.41) is 6.46. The molecule has 3 aromatic carbocycles. The highest BCUT2D eigenvalue weighted by atomic mass is 16.2. The van der Waals surface area contributed by atoms with Gasteiger partial charge in [-0.1, -0.05) is 72.8 Å². The predicted octanol–water partition coefficient (Wildman–Crippen LogP) is 3.11. The number of benzene rings is 3. The molecule has 0 bridgehead atoms. The van der Waals surface area contributed by atoms with Crippen molar-refractivity contribution in [1.29, 1.82) is 0 Å². The maximum Gasteiger partial charge on any atom is 0.254 e. The minimum atomic E-state index is -0.0713. The van der Waals surface area contributed by atoms with Crippen molar-refractivity contribution in [3.63, 3.8) is 0 Å². The highest BCUT2D eigenvalue weighted by Crippen LogP contribution is 2.16. The summed E-state index contributed by atoms with van der Waals surface area (Å²) in [5.41, 5.74) is 5.00. The zero-order chi connectivity index (χ0) is 19.9. The normalized spacial score (nSPS) is 15.7. The molecule has 0 aliphatic carbocycles. The first-order chi connectivity index (χ1) is 14.3. The molecule has 4 rings (SSSR count). The summed E-state index contributed by atoms with van der Waals surface area (Å²) in [6.07, 6.45) is 1.72. The number of carbonyl (C=O) groups is 1. The van der Waals surface area contributed by atoms with Gasteiger partial charge in [-0.05, 0) is 16.3 Å². The number of hydrogen-bond acceptors (Lipinski definition) is 4. The van der Waals surface area contributed by atoms with Crippen molar-refractivity contribution in [3.8, 4) is 0 Å². The molecule has 5 heteroatoms. The molecule has 0 aromatic heterocycles. The predicted molar refractivity (Wildman–Crippen MR) is 118 cm³/mol. The number of amides is 1. The highest BCUT2D eigenvalue weighted by molar-refractivity contribution is 5.99. The lowest BCUT2D eigenvalue weighted by atomic mass is 10.1. The van der Waals surface area contributed by atoms with Gasteiger partial charge in [0, 0.05) is 38.3 Å². The van der Waals surface area contributed by atoms with Crippen molar-refractivity contribution in [3.05, 3.63) is 83.9 Å². The summed E-state index contributed by atoms with van der Waals surface area (Å²) >= 11 is 0. The number of rotatable bonds is 6. The Bertz CT molecular complexity index is 973. The van der Waals surface area contributed by atoms with E-state index in [1.807, 2.05) is 30.3 Å². The zero-order valence-corrected chi connectivity index (χ0v) is 16.5. The van der Waals surface area contributed by atoms with Crippen LogP contribution in [0.1, 0.15) is 11.1 Å². The van der Waals surface area contributed by atoms with E-state index < -0.39 is 0 Å². The summed E-state index contributed by atoms with van der Waals surface area (Å²) in [7, 11) is 0. The molecule has 1 fully saturated rings. The summed E-state index contributed by atoms with van der Waals surface area (Å²) in [6, 6.07) is 24.8. The van der Waals surface area contributed by atoms with Crippen LogP contribution in [0.5, 0.6) is 0 Å². The lowest BCUT2D eigenvalue weighted by Gasteiger charge is -2.34. The minimum Gasteiger partial charge on any atom is -0.297 e. The molecule has 0 radical (unpaired) electrons. The summed E-state index contributed by atoms with van der Waals surface area (Å²) in [4.78, 5) is 16.9. The average molecular weight is 386 g/mol. The Labute approximate surface area is 171 Å². The lowest BCUT2D eigenvalue weighted by molar-refractivity contribution is -0.122. The van der Waals surface area contributed by atoms with E-state index in [1.165, 1.54) is 5.56 Å². The van der Waals surface area contributed by atoms with E-state index >= 15 is 0 Å². The Morgan fingerprint density at radius 1 is 0.862 bits per heavy atom. The van der Waals surface area contributed by atoms with Gasteiger partial charge in [-0.2, -0.15) is 5.10 Å². The summed E-state index contributed by atoms with van der Waals surface area (Å²) in [6.45, 7) is 5.09. The van der Waals surface area contributed by atoms with E-state index in [0.29, 0.717) is 6.54 Å². The number of hydrazone groups is 1. The summed E-state index contributed by atoms with van der Waals surface area (Å²) < 4.78 is 0. The molecule has 0 unspecified atom stereocenters. The van der Waals surface area contributed by atoms with E-state index in [2.05, 4.69) is 62.8 Å². The van der Waals surface area contributed by atoms with E-state index in [4.69, 9.17) is 0 Å². The fraction of sp³-hybridized carbons (Fsp3) is 0.250. The Hall–Kier alpha value is -3.02. The first kappa shape index (κ1) is 19.3. The largest absolute Gasteiger partial charge is 0.297 e. The molecule has 0 atom stereocenters. The van der Waals surface area contributed by atoms with Crippen LogP contribution in [0.25, 0.3) is 10.8 Å². The van der Waals surface area contributed by atoms with Crippen LogP contribution in [-0.2, 0) is 11.3 Å². The average Bonchev–Trinajstić information content (AvgIpc) is 2.76. The van der Waals surface area contributed by atoms with Crippen LogP contribution in [-0.4, -0.2) is 54.6 Å². The van der Waals surface area contributed by atoms with Crippen molar-refractivity contribution in [2.24, 2.45) is 5.10 Å². The van der Waals surface area contributed by atoms with Crippen LogP contribution in [0.4, 0.5) is 0 Å². The van der Waals surface area contributed by atoms with Crippen molar-refractivity contribution in [2.75, 3.05) is 32.7 Å². The van der Waals surface area contributed by atoms with Crippen LogP contribution in [0, 0.1) is 0 Å². The van der Waals surface area contributed by atoms with Gasteiger partial charge in [0.1, 0.15) is 0 Å². The SMILES string of the molecule is O=C(CN1CCN(Cc2ccccc2)CC1)NN=Cc1cccc2ccccc12. The molecule has 1 saturated heterocycles. The van der Waals surface area contributed by atoms with E-state index in [0.717, 1.165) is 49.1 Å². The van der Waals surface area contributed by atoms with Crippen molar-refractivity contribution in [2.45, 2.75) is 6.54 Å². The fourth-order valence-corrected chi connectivity index (χ4v) is 3.72. The molecule has 3 aromatic rings. The number of carbonyl (C=O) groups excluding carboxylic acids is 1. The first-order valence-electron chi connectivity index (χ1n) is 10.1. The van der Waals surface area contributed by atoms with Gasteiger partial charge in [0.05, 0.1) is 12.8 Å². The lowest BCUT2D eigenvalue weighted by Crippen LogP contribution is -2.48. The van der Waals surface area contributed by atoms with Gasteiger partial charge in [0.15, 0.2) is 0 Å². The third-order valence-corrected chi connectivity index (χ3v) is 5.30. The van der Waals surface area contributed by atoms with Crippen LogP contribution < -0.4 is 5.43 Å². The number of nitrogens with zero attached hydrogens (tertiary/aromatic N) is 3. The first-order valence-corrected chi connectivity index (χ1v) is 10.1. The Kier molecular flexibility index (Phi) is 6.29.